The number of pyridine rings is 1. The fourth-order valence-corrected chi connectivity index (χ4v) is 2.20. The zero-order valence-electron chi connectivity index (χ0n) is 13.0. The first-order valence-corrected chi connectivity index (χ1v) is 7.33. The highest BCUT2D eigenvalue weighted by molar-refractivity contribution is 5.46. The molecule has 0 aliphatic rings. The summed E-state index contributed by atoms with van der Waals surface area (Å²) in [6, 6.07) is 1.85. The summed E-state index contributed by atoms with van der Waals surface area (Å²) in [5.74, 6) is 0.531. The van der Waals surface area contributed by atoms with Crippen LogP contribution >= 0.6 is 0 Å². The molecular weight excluding hydrogens is 254 g/mol. The van der Waals surface area contributed by atoms with Crippen LogP contribution in [0.4, 0.5) is 5.82 Å². The minimum atomic E-state index is -0.359. The van der Waals surface area contributed by atoms with Gasteiger partial charge in [0.1, 0.15) is 5.82 Å². The Morgan fingerprint density at radius 1 is 1.25 bits per heavy atom. The second-order valence-electron chi connectivity index (χ2n) is 4.64. The highest BCUT2D eigenvalue weighted by atomic mass is 16.7. The minimum absolute atomic E-state index is 0.108. The molecule has 0 saturated carbocycles. The number of hydrogen-bond donors (Lipinski definition) is 2. The Kier molecular flexibility index (Phi) is 7.51. The van der Waals surface area contributed by atoms with Crippen molar-refractivity contribution in [3.63, 3.8) is 0 Å². The average molecular weight is 281 g/mol. The van der Waals surface area contributed by atoms with Gasteiger partial charge in [-0.2, -0.15) is 0 Å². The maximum atomic E-state index is 6.06. The fourth-order valence-electron chi connectivity index (χ4n) is 2.20. The topological polar surface area (TPSA) is 69.4 Å². The highest BCUT2D eigenvalue weighted by Gasteiger charge is 2.27. The molecular formula is C15H27N3O2. The minimum Gasteiger partial charge on any atom is -0.383 e. The molecule has 1 aromatic heterocycles. The number of aromatic nitrogens is 1. The molecule has 0 aromatic carbocycles. The summed E-state index contributed by atoms with van der Waals surface area (Å²) in [6.07, 6.45) is 2.39. The van der Waals surface area contributed by atoms with E-state index < -0.39 is 0 Å². The summed E-state index contributed by atoms with van der Waals surface area (Å²) in [7, 11) is 0. The van der Waals surface area contributed by atoms with Gasteiger partial charge in [0.05, 0.1) is 6.04 Å². The van der Waals surface area contributed by atoms with E-state index in [1.807, 2.05) is 26.8 Å². The van der Waals surface area contributed by atoms with Crippen molar-refractivity contribution >= 4 is 5.82 Å². The molecule has 5 heteroatoms. The van der Waals surface area contributed by atoms with Crippen LogP contribution in [0.5, 0.6) is 0 Å². The van der Waals surface area contributed by atoms with Gasteiger partial charge in [-0.3, -0.25) is 0 Å². The maximum absolute atomic E-state index is 6.06. The molecule has 0 saturated heterocycles. The van der Waals surface area contributed by atoms with E-state index >= 15 is 0 Å². The molecule has 0 bridgehead atoms. The van der Waals surface area contributed by atoms with E-state index in [-0.39, 0.29) is 12.3 Å². The fraction of sp³-hybridized carbons (Fsp3) is 0.667. The lowest BCUT2D eigenvalue weighted by molar-refractivity contribution is -0.155. The third-order valence-electron chi connectivity index (χ3n) is 3.10. The van der Waals surface area contributed by atoms with Crippen molar-refractivity contribution in [3.8, 4) is 0 Å². The normalized spacial score (nSPS) is 12.8. The number of ether oxygens (including phenoxy) is 2. The molecule has 5 nitrogen and oxygen atoms in total. The van der Waals surface area contributed by atoms with Gasteiger partial charge >= 0.3 is 0 Å². The van der Waals surface area contributed by atoms with E-state index in [1.54, 1.807) is 6.20 Å². The largest absolute Gasteiger partial charge is 0.383 e. The van der Waals surface area contributed by atoms with E-state index in [0.29, 0.717) is 19.0 Å². The predicted octanol–water partition coefficient (Wildman–Crippen LogP) is 2.41. The van der Waals surface area contributed by atoms with Crippen LogP contribution in [0, 0.1) is 6.92 Å². The first-order chi connectivity index (χ1) is 9.65. The van der Waals surface area contributed by atoms with Crippen LogP contribution in [0.15, 0.2) is 12.3 Å². The Morgan fingerprint density at radius 2 is 1.90 bits per heavy atom. The van der Waals surface area contributed by atoms with Crippen molar-refractivity contribution in [2.24, 2.45) is 0 Å². The Bertz CT molecular complexity index is 372. The summed E-state index contributed by atoms with van der Waals surface area (Å²) in [6.45, 7) is 10.1. The average Bonchev–Trinajstić information content (AvgIpc) is 2.42. The lowest BCUT2D eigenvalue weighted by Crippen LogP contribution is -2.37. The van der Waals surface area contributed by atoms with Crippen LogP contribution < -0.4 is 11.1 Å². The number of nitrogens with zero attached hydrogens (tertiary/aromatic N) is 1. The zero-order chi connectivity index (χ0) is 15.0. The number of aryl methyl sites for hydroxylation is 1. The number of anilines is 1. The summed E-state index contributed by atoms with van der Waals surface area (Å²) < 4.78 is 11.5. The molecule has 0 aliphatic carbocycles. The molecule has 1 aromatic rings. The quantitative estimate of drug-likeness (QED) is 0.680. The molecule has 0 fully saturated rings. The first-order valence-electron chi connectivity index (χ1n) is 7.33. The maximum Gasteiger partial charge on any atom is 0.176 e. The summed E-state index contributed by atoms with van der Waals surface area (Å²) in [5.41, 5.74) is 8.12. The van der Waals surface area contributed by atoms with E-state index in [0.717, 1.165) is 24.1 Å². The van der Waals surface area contributed by atoms with Gasteiger partial charge in [-0.1, -0.05) is 6.92 Å². The van der Waals surface area contributed by atoms with Crippen LogP contribution in [0.2, 0.25) is 0 Å². The van der Waals surface area contributed by atoms with Gasteiger partial charge in [0.25, 0.3) is 0 Å². The van der Waals surface area contributed by atoms with Crippen LogP contribution in [0.1, 0.15) is 44.4 Å². The van der Waals surface area contributed by atoms with Crippen molar-refractivity contribution in [3.05, 3.63) is 23.4 Å². The molecule has 1 unspecified atom stereocenters. The lowest BCUT2D eigenvalue weighted by Gasteiger charge is -2.29. The molecule has 20 heavy (non-hydrogen) atoms. The Balaban J connectivity index is 3.08. The van der Waals surface area contributed by atoms with Crippen LogP contribution in [0.25, 0.3) is 0 Å². The van der Waals surface area contributed by atoms with Gasteiger partial charge in [0.15, 0.2) is 6.29 Å². The predicted molar refractivity (Wildman–Crippen MR) is 81.5 cm³/mol. The smallest absolute Gasteiger partial charge is 0.176 e. The summed E-state index contributed by atoms with van der Waals surface area (Å²) in [4.78, 5) is 4.20. The van der Waals surface area contributed by atoms with Crippen LogP contribution in [-0.4, -0.2) is 31.0 Å². The van der Waals surface area contributed by atoms with Crippen molar-refractivity contribution < 1.29 is 9.47 Å². The van der Waals surface area contributed by atoms with Gasteiger partial charge in [0, 0.05) is 25.0 Å². The molecule has 114 valence electrons. The van der Waals surface area contributed by atoms with Gasteiger partial charge < -0.3 is 20.5 Å². The van der Waals surface area contributed by atoms with E-state index in [2.05, 4.69) is 17.2 Å². The summed E-state index contributed by atoms with van der Waals surface area (Å²) in [5, 5.41) is 3.47. The van der Waals surface area contributed by atoms with Crippen molar-refractivity contribution in [1.29, 1.82) is 0 Å². The van der Waals surface area contributed by atoms with Crippen molar-refractivity contribution in [2.45, 2.75) is 46.4 Å². The molecule has 0 amide bonds. The third-order valence-corrected chi connectivity index (χ3v) is 3.10. The van der Waals surface area contributed by atoms with Gasteiger partial charge in [0.2, 0.25) is 0 Å². The molecule has 0 spiro atoms. The van der Waals surface area contributed by atoms with E-state index in [1.165, 1.54) is 0 Å². The molecule has 1 atom stereocenters. The second kappa shape index (κ2) is 8.89. The highest BCUT2D eigenvalue weighted by Crippen LogP contribution is 2.27. The molecule has 1 heterocycles. The molecule has 0 radical (unpaired) electrons. The number of hydrogen-bond acceptors (Lipinski definition) is 5. The van der Waals surface area contributed by atoms with Gasteiger partial charge in [-0.05, 0) is 45.4 Å². The molecule has 0 aliphatic heterocycles. The standard InChI is InChI=1S/C15H27N3O2/c1-5-9-17-13(15(19-6-2)20-7-3)12-11(4)8-10-18-14(12)16/h8,10,13,15,17H,5-7,9H2,1-4H3,(H2,16,18). The van der Waals surface area contributed by atoms with E-state index in [4.69, 9.17) is 15.2 Å². The third kappa shape index (κ3) is 4.44. The second-order valence-corrected chi connectivity index (χ2v) is 4.64. The van der Waals surface area contributed by atoms with Crippen molar-refractivity contribution in [2.75, 3.05) is 25.5 Å². The Morgan fingerprint density at radius 3 is 2.40 bits per heavy atom. The monoisotopic (exact) mass is 281 g/mol. The Hall–Kier alpha value is -1.17. The number of nitrogens with two attached hydrogens (primary N) is 1. The van der Waals surface area contributed by atoms with Crippen molar-refractivity contribution in [1.82, 2.24) is 10.3 Å². The van der Waals surface area contributed by atoms with Crippen LogP contribution in [0.3, 0.4) is 0 Å². The molecule has 3 N–H and O–H groups in total. The number of nitrogens with one attached hydrogen (secondary N) is 1. The Labute approximate surface area is 121 Å². The first kappa shape index (κ1) is 16.9. The SMILES string of the molecule is CCCNC(c1c(C)ccnc1N)C(OCC)OCC. The lowest BCUT2D eigenvalue weighted by atomic mass is 10.0. The van der Waals surface area contributed by atoms with Gasteiger partial charge in [-0.15, -0.1) is 0 Å². The van der Waals surface area contributed by atoms with Crippen LogP contribution in [-0.2, 0) is 9.47 Å². The zero-order valence-corrected chi connectivity index (χ0v) is 13.0. The molecule has 1 rings (SSSR count). The van der Waals surface area contributed by atoms with Gasteiger partial charge in [-0.25, -0.2) is 4.98 Å². The van der Waals surface area contributed by atoms with E-state index in [9.17, 15) is 0 Å². The number of rotatable bonds is 9. The summed E-state index contributed by atoms with van der Waals surface area (Å²) >= 11 is 0. The number of nitrogen functional groups attached to an aromatic ring is 1.